The van der Waals surface area contributed by atoms with Crippen molar-refractivity contribution in [1.29, 1.82) is 0 Å². The topological polar surface area (TPSA) is 78.1 Å². The summed E-state index contributed by atoms with van der Waals surface area (Å²) in [6, 6.07) is 11.9. The summed E-state index contributed by atoms with van der Waals surface area (Å²) >= 11 is 1.55. The SMILES string of the molecule is CC[C@@H]1CCCCN1Cc1ccc(C(=O)NCc2nc3ccccc3s2)c(=O)[nH]1. The highest BCUT2D eigenvalue weighted by Crippen LogP contribution is 2.22. The van der Waals surface area contributed by atoms with Crippen LogP contribution in [0.4, 0.5) is 0 Å². The first-order valence-corrected chi connectivity index (χ1v) is 11.0. The average Bonchev–Trinajstić information content (AvgIpc) is 3.15. The van der Waals surface area contributed by atoms with Crippen molar-refractivity contribution in [1.82, 2.24) is 20.2 Å². The minimum atomic E-state index is -0.374. The number of para-hydroxylation sites is 1. The number of aromatic amines is 1. The van der Waals surface area contributed by atoms with E-state index in [1.54, 1.807) is 17.4 Å². The van der Waals surface area contributed by atoms with Crippen LogP contribution < -0.4 is 10.9 Å². The molecule has 1 aliphatic heterocycles. The summed E-state index contributed by atoms with van der Waals surface area (Å²) in [6.07, 6.45) is 4.82. The highest BCUT2D eigenvalue weighted by atomic mass is 32.1. The molecule has 0 radical (unpaired) electrons. The van der Waals surface area contributed by atoms with Crippen molar-refractivity contribution in [3.63, 3.8) is 0 Å². The smallest absolute Gasteiger partial charge is 0.261 e. The van der Waals surface area contributed by atoms with Crippen molar-refractivity contribution in [3.8, 4) is 0 Å². The van der Waals surface area contributed by atoms with Crippen LogP contribution in [0.25, 0.3) is 10.2 Å². The number of likely N-dealkylation sites (tertiary alicyclic amines) is 1. The molecular weight excluding hydrogens is 384 g/mol. The molecule has 4 rings (SSSR count). The van der Waals surface area contributed by atoms with E-state index < -0.39 is 0 Å². The van der Waals surface area contributed by atoms with Crippen molar-refractivity contribution in [3.05, 3.63) is 63.0 Å². The van der Waals surface area contributed by atoms with Crippen LogP contribution in [0, 0.1) is 0 Å². The Balaban J connectivity index is 1.40. The monoisotopic (exact) mass is 410 g/mol. The van der Waals surface area contributed by atoms with Gasteiger partial charge in [-0.25, -0.2) is 4.98 Å². The van der Waals surface area contributed by atoms with Crippen LogP contribution in [0.3, 0.4) is 0 Å². The number of carbonyl (C=O) groups is 1. The van der Waals surface area contributed by atoms with E-state index in [2.05, 4.69) is 27.1 Å². The number of piperidine rings is 1. The van der Waals surface area contributed by atoms with Gasteiger partial charge in [0.25, 0.3) is 11.5 Å². The molecule has 7 heteroatoms. The average molecular weight is 411 g/mol. The van der Waals surface area contributed by atoms with Crippen molar-refractivity contribution >= 4 is 27.5 Å². The Bertz CT molecular complexity index is 1030. The Labute approximate surface area is 174 Å². The first-order valence-electron chi connectivity index (χ1n) is 10.2. The van der Waals surface area contributed by atoms with Crippen LogP contribution in [0.2, 0.25) is 0 Å². The largest absolute Gasteiger partial charge is 0.345 e. The summed E-state index contributed by atoms with van der Waals surface area (Å²) in [6.45, 7) is 4.31. The van der Waals surface area contributed by atoms with Crippen molar-refractivity contribution < 1.29 is 4.79 Å². The zero-order chi connectivity index (χ0) is 20.2. The molecule has 2 N–H and O–H groups in total. The van der Waals surface area contributed by atoms with Gasteiger partial charge in [-0.1, -0.05) is 25.5 Å². The van der Waals surface area contributed by atoms with E-state index in [0.29, 0.717) is 12.6 Å². The molecule has 1 atom stereocenters. The van der Waals surface area contributed by atoms with E-state index in [0.717, 1.165) is 40.4 Å². The van der Waals surface area contributed by atoms with Crippen molar-refractivity contribution in [2.45, 2.75) is 51.7 Å². The number of carbonyl (C=O) groups excluding carboxylic acids is 1. The number of hydrogen-bond acceptors (Lipinski definition) is 5. The third-order valence-corrected chi connectivity index (χ3v) is 6.58. The number of thiazole rings is 1. The van der Waals surface area contributed by atoms with E-state index in [-0.39, 0.29) is 17.0 Å². The van der Waals surface area contributed by atoms with Crippen LogP contribution >= 0.6 is 11.3 Å². The number of aromatic nitrogens is 2. The molecule has 0 bridgehead atoms. The fourth-order valence-corrected chi connectivity index (χ4v) is 4.89. The Morgan fingerprint density at radius 2 is 2.14 bits per heavy atom. The summed E-state index contributed by atoms with van der Waals surface area (Å²) in [4.78, 5) is 34.8. The first-order chi connectivity index (χ1) is 14.1. The summed E-state index contributed by atoms with van der Waals surface area (Å²) in [7, 11) is 0. The van der Waals surface area contributed by atoms with Gasteiger partial charge in [-0.3, -0.25) is 14.5 Å². The van der Waals surface area contributed by atoms with Gasteiger partial charge in [-0.2, -0.15) is 0 Å². The van der Waals surface area contributed by atoms with Crippen LogP contribution in [0.5, 0.6) is 0 Å². The molecule has 0 saturated carbocycles. The molecule has 1 fully saturated rings. The van der Waals surface area contributed by atoms with E-state index >= 15 is 0 Å². The summed E-state index contributed by atoms with van der Waals surface area (Å²) in [5.74, 6) is -0.374. The van der Waals surface area contributed by atoms with Gasteiger partial charge in [-0.05, 0) is 50.1 Å². The number of benzene rings is 1. The molecule has 0 spiro atoms. The number of rotatable bonds is 6. The van der Waals surface area contributed by atoms with Crippen LogP contribution in [-0.2, 0) is 13.1 Å². The van der Waals surface area contributed by atoms with Crippen LogP contribution in [0.1, 0.15) is 53.7 Å². The standard InChI is InChI=1S/C22H26N4O2S/c1-2-16-7-5-6-12-26(16)14-15-10-11-17(22(28)24-15)21(27)23-13-20-25-18-8-3-4-9-19(18)29-20/h3-4,8-11,16H,2,5-7,12-14H2,1H3,(H,23,27)(H,24,28)/t16-/m1/s1. The number of amides is 1. The Hall–Kier alpha value is -2.51. The molecule has 6 nitrogen and oxygen atoms in total. The first kappa shape index (κ1) is 19.8. The predicted molar refractivity (Wildman–Crippen MR) is 116 cm³/mol. The molecule has 3 heterocycles. The predicted octanol–water partition coefficient (Wildman–Crippen LogP) is 3.68. The molecule has 152 valence electrons. The van der Waals surface area contributed by atoms with Crippen LogP contribution in [0.15, 0.2) is 41.2 Å². The second kappa shape index (κ2) is 8.88. The lowest BCUT2D eigenvalue weighted by molar-refractivity contribution is 0.0949. The van der Waals surface area contributed by atoms with E-state index in [1.807, 2.05) is 30.3 Å². The zero-order valence-corrected chi connectivity index (χ0v) is 17.4. The highest BCUT2D eigenvalue weighted by molar-refractivity contribution is 7.18. The lowest BCUT2D eigenvalue weighted by Gasteiger charge is -2.35. The van der Waals surface area contributed by atoms with Gasteiger partial charge < -0.3 is 10.3 Å². The van der Waals surface area contributed by atoms with Gasteiger partial charge in [0.1, 0.15) is 10.6 Å². The number of fused-ring (bicyclic) bond motifs is 1. The van der Waals surface area contributed by atoms with E-state index in [1.165, 1.54) is 19.3 Å². The number of nitrogens with one attached hydrogen (secondary N) is 2. The molecular formula is C22H26N4O2S. The molecule has 2 aromatic heterocycles. The zero-order valence-electron chi connectivity index (χ0n) is 16.6. The lowest BCUT2D eigenvalue weighted by atomic mass is 10.00. The number of H-pyrrole nitrogens is 1. The Morgan fingerprint density at radius 3 is 2.93 bits per heavy atom. The second-order valence-corrected chi connectivity index (χ2v) is 8.63. The summed E-state index contributed by atoms with van der Waals surface area (Å²) in [5, 5.41) is 3.64. The van der Waals surface area contributed by atoms with Gasteiger partial charge in [-0.15, -0.1) is 11.3 Å². The maximum absolute atomic E-state index is 12.5. The van der Waals surface area contributed by atoms with Gasteiger partial charge in [0, 0.05) is 18.3 Å². The molecule has 29 heavy (non-hydrogen) atoms. The second-order valence-electron chi connectivity index (χ2n) is 7.51. The molecule has 1 saturated heterocycles. The minimum absolute atomic E-state index is 0.139. The Kier molecular flexibility index (Phi) is 6.06. The van der Waals surface area contributed by atoms with Crippen molar-refractivity contribution in [2.75, 3.05) is 6.54 Å². The Morgan fingerprint density at radius 1 is 1.28 bits per heavy atom. The van der Waals surface area contributed by atoms with Gasteiger partial charge in [0.15, 0.2) is 0 Å². The minimum Gasteiger partial charge on any atom is -0.345 e. The molecule has 3 aromatic rings. The quantitative estimate of drug-likeness (QED) is 0.650. The fourth-order valence-electron chi connectivity index (χ4n) is 3.98. The maximum Gasteiger partial charge on any atom is 0.261 e. The number of nitrogens with zero attached hydrogens (tertiary/aromatic N) is 2. The summed E-state index contributed by atoms with van der Waals surface area (Å²) in [5.41, 5.74) is 1.58. The highest BCUT2D eigenvalue weighted by Gasteiger charge is 2.21. The van der Waals surface area contributed by atoms with E-state index in [9.17, 15) is 9.59 Å². The molecule has 1 amide bonds. The summed E-state index contributed by atoms with van der Waals surface area (Å²) < 4.78 is 1.09. The molecule has 0 aliphatic carbocycles. The number of hydrogen-bond donors (Lipinski definition) is 2. The van der Waals surface area contributed by atoms with Crippen molar-refractivity contribution in [2.24, 2.45) is 0 Å². The van der Waals surface area contributed by atoms with E-state index in [4.69, 9.17) is 0 Å². The van der Waals surface area contributed by atoms with Gasteiger partial charge in [0.2, 0.25) is 0 Å². The van der Waals surface area contributed by atoms with Gasteiger partial charge in [0.05, 0.1) is 16.8 Å². The third kappa shape index (κ3) is 4.57. The van der Waals surface area contributed by atoms with Gasteiger partial charge >= 0.3 is 0 Å². The number of pyridine rings is 1. The molecule has 1 aliphatic rings. The molecule has 0 unspecified atom stereocenters. The van der Waals surface area contributed by atoms with Crippen LogP contribution in [-0.4, -0.2) is 33.4 Å². The normalized spacial score (nSPS) is 17.5. The fraction of sp³-hybridized carbons (Fsp3) is 0.409. The lowest BCUT2D eigenvalue weighted by Crippen LogP contribution is -2.39. The third-order valence-electron chi connectivity index (χ3n) is 5.55. The molecule has 1 aromatic carbocycles. The maximum atomic E-state index is 12.5.